The van der Waals surface area contributed by atoms with Crippen LogP contribution in [-0.4, -0.2) is 55.2 Å². The summed E-state index contributed by atoms with van der Waals surface area (Å²) in [5, 5.41) is 3.43. The molecule has 2 unspecified atom stereocenters. The van der Waals surface area contributed by atoms with Crippen molar-refractivity contribution >= 4 is 5.91 Å². The summed E-state index contributed by atoms with van der Waals surface area (Å²) >= 11 is 0. The van der Waals surface area contributed by atoms with Gasteiger partial charge in [0.1, 0.15) is 0 Å². The van der Waals surface area contributed by atoms with Crippen molar-refractivity contribution in [3.63, 3.8) is 0 Å². The van der Waals surface area contributed by atoms with E-state index < -0.39 is 5.54 Å². The Kier molecular flexibility index (Phi) is 6.92. The molecule has 1 aliphatic rings. The normalized spacial score (nSPS) is 27.2. The predicted molar refractivity (Wildman–Crippen MR) is 81.6 cm³/mol. The second-order valence-corrected chi connectivity index (χ2v) is 6.12. The first-order valence-electron chi connectivity index (χ1n) is 7.75. The summed E-state index contributed by atoms with van der Waals surface area (Å²) in [4.78, 5) is 14.4. The predicted octanol–water partition coefficient (Wildman–Crippen LogP) is 1.12. The molecule has 0 saturated heterocycles. The number of amides is 1. The largest absolute Gasteiger partial charge is 0.383 e. The Morgan fingerprint density at radius 3 is 2.75 bits per heavy atom. The molecule has 0 aromatic heterocycles. The van der Waals surface area contributed by atoms with Crippen molar-refractivity contribution in [2.75, 3.05) is 26.8 Å². The molecule has 0 aromatic carbocycles. The van der Waals surface area contributed by atoms with E-state index in [-0.39, 0.29) is 11.9 Å². The first kappa shape index (κ1) is 17.4. The Hall–Kier alpha value is -0.650. The lowest BCUT2D eigenvalue weighted by Gasteiger charge is -2.44. The average molecular weight is 285 g/mol. The van der Waals surface area contributed by atoms with E-state index in [0.29, 0.717) is 6.04 Å². The minimum Gasteiger partial charge on any atom is -0.383 e. The number of primary amides is 1. The van der Waals surface area contributed by atoms with Crippen molar-refractivity contribution in [2.24, 2.45) is 5.73 Å². The minimum atomic E-state index is -0.544. The minimum absolute atomic E-state index is 0.210. The van der Waals surface area contributed by atoms with Gasteiger partial charge in [-0.2, -0.15) is 0 Å². The van der Waals surface area contributed by atoms with E-state index in [0.717, 1.165) is 45.4 Å². The topological polar surface area (TPSA) is 67.6 Å². The summed E-state index contributed by atoms with van der Waals surface area (Å²) in [6, 6.07) is 0.665. The van der Waals surface area contributed by atoms with Gasteiger partial charge in [-0.25, -0.2) is 0 Å². The van der Waals surface area contributed by atoms with Crippen LogP contribution in [0.1, 0.15) is 46.5 Å². The number of nitrogens with two attached hydrogens (primary N) is 1. The number of hydrogen-bond acceptors (Lipinski definition) is 4. The van der Waals surface area contributed by atoms with Crippen LogP contribution >= 0.6 is 0 Å². The lowest BCUT2D eigenvalue weighted by molar-refractivity contribution is -0.127. The number of carbonyl (C=O) groups is 1. The second kappa shape index (κ2) is 7.96. The van der Waals surface area contributed by atoms with E-state index in [4.69, 9.17) is 10.5 Å². The van der Waals surface area contributed by atoms with Crippen LogP contribution in [0.25, 0.3) is 0 Å². The van der Waals surface area contributed by atoms with Gasteiger partial charge in [0.15, 0.2) is 0 Å². The fourth-order valence-corrected chi connectivity index (χ4v) is 3.34. The van der Waals surface area contributed by atoms with Crippen LogP contribution in [0, 0.1) is 0 Å². The summed E-state index contributed by atoms with van der Waals surface area (Å²) in [6.45, 7) is 8.91. The maximum absolute atomic E-state index is 12.0. The summed E-state index contributed by atoms with van der Waals surface area (Å²) in [6.07, 6.45) is 3.82. The van der Waals surface area contributed by atoms with E-state index in [9.17, 15) is 4.79 Å². The molecule has 20 heavy (non-hydrogen) atoms. The third-order valence-corrected chi connectivity index (χ3v) is 4.27. The Labute approximate surface area is 123 Å². The first-order valence-corrected chi connectivity index (χ1v) is 7.75. The van der Waals surface area contributed by atoms with Crippen molar-refractivity contribution in [3.05, 3.63) is 0 Å². The number of methoxy groups -OCH3 is 1. The van der Waals surface area contributed by atoms with Gasteiger partial charge in [-0.3, -0.25) is 9.69 Å². The molecule has 0 aliphatic heterocycles. The Morgan fingerprint density at radius 2 is 2.25 bits per heavy atom. The van der Waals surface area contributed by atoms with Gasteiger partial charge in [-0.15, -0.1) is 0 Å². The molecule has 0 bridgehead atoms. The molecule has 1 rings (SSSR count). The van der Waals surface area contributed by atoms with E-state index in [1.54, 1.807) is 7.11 Å². The van der Waals surface area contributed by atoms with Crippen LogP contribution in [0.4, 0.5) is 0 Å². The van der Waals surface area contributed by atoms with E-state index in [1.165, 1.54) is 0 Å². The van der Waals surface area contributed by atoms with E-state index in [2.05, 4.69) is 31.0 Å². The molecule has 5 nitrogen and oxygen atoms in total. The van der Waals surface area contributed by atoms with Crippen LogP contribution in [0.2, 0.25) is 0 Å². The van der Waals surface area contributed by atoms with Crippen LogP contribution in [0.5, 0.6) is 0 Å². The number of likely N-dealkylation sites (N-methyl/N-ethyl adjacent to an activating group) is 1. The van der Waals surface area contributed by atoms with Crippen molar-refractivity contribution in [2.45, 2.75) is 64.1 Å². The highest BCUT2D eigenvalue weighted by Crippen LogP contribution is 2.31. The Morgan fingerprint density at radius 1 is 1.55 bits per heavy atom. The molecule has 1 amide bonds. The SMILES string of the molecule is CCN(CCOC)C1CCCC(NC(C)C)(C(N)=O)C1. The van der Waals surface area contributed by atoms with Crippen LogP contribution < -0.4 is 11.1 Å². The third kappa shape index (κ3) is 4.43. The zero-order valence-corrected chi connectivity index (χ0v) is 13.4. The van der Waals surface area contributed by atoms with Gasteiger partial charge in [-0.05, 0) is 46.1 Å². The second-order valence-electron chi connectivity index (χ2n) is 6.12. The van der Waals surface area contributed by atoms with Gasteiger partial charge < -0.3 is 15.8 Å². The number of carbonyl (C=O) groups excluding carboxylic acids is 1. The number of hydrogen-bond donors (Lipinski definition) is 2. The number of nitrogens with zero attached hydrogens (tertiary/aromatic N) is 1. The number of ether oxygens (including phenoxy) is 1. The van der Waals surface area contributed by atoms with Gasteiger partial charge in [0, 0.05) is 25.7 Å². The lowest BCUT2D eigenvalue weighted by Crippen LogP contribution is -2.62. The molecule has 0 aromatic rings. The molecule has 3 N–H and O–H groups in total. The van der Waals surface area contributed by atoms with Crippen molar-refractivity contribution in [1.82, 2.24) is 10.2 Å². The zero-order chi connectivity index (χ0) is 15.2. The number of rotatable bonds is 8. The molecule has 0 radical (unpaired) electrons. The summed E-state index contributed by atoms with van der Waals surface area (Å²) in [5.41, 5.74) is 5.17. The van der Waals surface area contributed by atoms with Crippen LogP contribution in [0.3, 0.4) is 0 Å². The Balaban J connectivity index is 2.77. The molecule has 118 valence electrons. The summed E-state index contributed by atoms with van der Waals surface area (Å²) in [7, 11) is 1.72. The maximum Gasteiger partial charge on any atom is 0.237 e. The molecular weight excluding hydrogens is 254 g/mol. The zero-order valence-electron chi connectivity index (χ0n) is 13.4. The van der Waals surface area contributed by atoms with Crippen LogP contribution in [-0.2, 0) is 9.53 Å². The van der Waals surface area contributed by atoms with Crippen molar-refractivity contribution < 1.29 is 9.53 Å². The van der Waals surface area contributed by atoms with E-state index >= 15 is 0 Å². The molecule has 0 heterocycles. The molecule has 5 heteroatoms. The van der Waals surface area contributed by atoms with Gasteiger partial charge in [0.25, 0.3) is 0 Å². The van der Waals surface area contributed by atoms with Crippen molar-refractivity contribution in [1.29, 1.82) is 0 Å². The molecule has 1 aliphatic carbocycles. The average Bonchev–Trinajstić information content (AvgIpc) is 2.39. The quantitative estimate of drug-likeness (QED) is 0.701. The number of nitrogens with one attached hydrogen (secondary N) is 1. The van der Waals surface area contributed by atoms with Gasteiger partial charge in [0.2, 0.25) is 5.91 Å². The molecule has 1 fully saturated rings. The standard InChI is InChI=1S/C15H31N3O2/c1-5-18(9-10-20-4)13-7-6-8-15(11-13,14(16)19)17-12(2)3/h12-13,17H,5-11H2,1-4H3,(H2,16,19). The fraction of sp³-hybridized carbons (Fsp3) is 0.933. The fourth-order valence-electron chi connectivity index (χ4n) is 3.34. The smallest absolute Gasteiger partial charge is 0.237 e. The highest BCUT2D eigenvalue weighted by molar-refractivity contribution is 5.85. The van der Waals surface area contributed by atoms with Gasteiger partial charge >= 0.3 is 0 Å². The highest BCUT2D eigenvalue weighted by atomic mass is 16.5. The summed E-state index contributed by atoms with van der Waals surface area (Å²) < 4.78 is 5.18. The molecule has 0 spiro atoms. The van der Waals surface area contributed by atoms with E-state index in [1.807, 2.05) is 0 Å². The van der Waals surface area contributed by atoms with Crippen LogP contribution in [0.15, 0.2) is 0 Å². The molecule has 1 saturated carbocycles. The lowest BCUT2D eigenvalue weighted by atomic mass is 9.77. The van der Waals surface area contributed by atoms with Crippen molar-refractivity contribution in [3.8, 4) is 0 Å². The third-order valence-electron chi connectivity index (χ3n) is 4.27. The molecule has 2 atom stereocenters. The Bertz CT molecular complexity index is 309. The monoisotopic (exact) mass is 285 g/mol. The summed E-state index contributed by atoms with van der Waals surface area (Å²) in [5.74, 6) is -0.210. The maximum atomic E-state index is 12.0. The van der Waals surface area contributed by atoms with Gasteiger partial charge in [0.05, 0.1) is 12.1 Å². The first-order chi connectivity index (χ1) is 9.45. The highest BCUT2D eigenvalue weighted by Gasteiger charge is 2.42. The van der Waals surface area contributed by atoms with Gasteiger partial charge in [-0.1, -0.05) is 6.92 Å². The molecular formula is C15H31N3O2.